The third kappa shape index (κ3) is 9.68. The van der Waals surface area contributed by atoms with Crippen molar-refractivity contribution in [2.75, 3.05) is 60.9 Å². The fourth-order valence-electron chi connectivity index (χ4n) is 2.49. The molecule has 1 fully saturated rings. The largest absolute Gasteiger partial charge is 0.383 e. The first kappa shape index (κ1) is 26.4. The van der Waals surface area contributed by atoms with E-state index in [-0.39, 0.29) is 18.5 Å². The Balaban J connectivity index is 1.84. The zero-order valence-corrected chi connectivity index (χ0v) is 20.1. The molecule has 0 saturated carbocycles. The van der Waals surface area contributed by atoms with Crippen LogP contribution in [0.1, 0.15) is 19.1 Å². The topological polar surface area (TPSA) is 135 Å². The van der Waals surface area contributed by atoms with E-state index < -0.39 is 29.1 Å². The summed E-state index contributed by atoms with van der Waals surface area (Å²) in [7, 11) is 4.96. The number of hydrogen-bond donors (Lipinski definition) is 1. The first-order chi connectivity index (χ1) is 14.7. The van der Waals surface area contributed by atoms with Crippen LogP contribution in [0.25, 0.3) is 0 Å². The zero-order chi connectivity index (χ0) is 22.9. The van der Waals surface area contributed by atoms with Crippen molar-refractivity contribution >= 4 is 23.0 Å². The van der Waals surface area contributed by atoms with Crippen LogP contribution >= 0.6 is 17.2 Å². The summed E-state index contributed by atoms with van der Waals surface area (Å²) < 4.78 is 34.9. The van der Waals surface area contributed by atoms with Crippen LogP contribution in [0.15, 0.2) is 17.1 Å². The van der Waals surface area contributed by atoms with E-state index in [1.165, 1.54) is 18.8 Å². The molecule has 0 aromatic carbocycles. The fraction of sp³-hybridized carbons (Fsp3) is 0.750. The fourth-order valence-corrected chi connectivity index (χ4v) is 4.36. The van der Waals surface area contributed by atoms with E-state index in [9.17, 15) is 4.79 Å². The quantitative estimate of drug-likeness (QED) is 0.179. The molecule has 178 valence electrons. The van der Waals surface area contributed by atoms with Crippen molar-refractivity contribution in [1.82, 2.24) is 9.55 Å². The monoisotopic (exact) mass is 485 g/mol. The molecule has 1 aliphatic heterocycles. The lowest BCUT2D eigenvalue weighted by molar-refractivity contribution is -0.870. The lowest BCUT2D eigenvalue weighted by Crippen LogP contribution is -2.37. The number of nitrogens with two attached hydrogens (primary N) is 1. The first-order valence-electron chi connectivity index (χ1n) is 9.48. The van der Waals surface area contributed by atoms with E-state index in [0.29, 0.717) is 23.9 Å². The molecule has 1 aromatic heterocycles. The molecular weight excluding hydrogens is 454 g/mol. The maximum Gasteiger partial charge on any atom is 0.370 e. The Bertz CT molecular complexity index is 721. The number of hydrogen-bond acceptors (Lipinski definition) is 11. The number of quaternary nitrogens is 1. The standard InChI is InChI=1S/C16H30N4O9P2/c1-20(2,3)10-11-24-30(27-22-4)29-31(28-23-5)25-12-13-6-7-15(26-13)19-9-8-14(17)18-16(19)21/h8-9,13,15H,6-7,10-12H2,1-5H3,(H-,17,18,21)/p+1. The molecular formula is C16H31N4O9P2+. The Kier molecular flexibility index (Phi) is 11.1. The van der Waals surface area contributed by atoms with Gasteiger partial charge < -0.3 is 24.0 Å². The van der Waals surface area contributed by atoms with Gasteiger partial charge in [-0.2, -0.15) is 14.3 Å². The molecule has 0 bridgehead atoms. The van der Waals surface area contributed by atoms with Gasteiger partial charge in [0.25, 0.3) is 0 Å². The summed E-state index contributed by atoms with van der Waals surface area (Å²) in [5, 5.41) is 0. The summed E-state index contributed by atoms with van der Waals surface area (Å²) in [6.07, 6.45) is 2.12. The minimum Gasteiger partial charge on any atom is -0.383 e. The van der Waals surface area contributed by atoms with Crippen LogP contribution in [-0.4, -0.2) is 75.3 Å². The number of nitrogen functional groups attached to an aromatic ring is 1. The summed E-state index contributed by atoms with van der Waals surface area (Å²) >= 11 is 0. The molecule has 0 aliphatic carbocycles. The number of aromatic nitrogens is 2. The van der Waals surface area contributed by atoms with E-state index >= 15 is 0 Å². The third-order valence-electron chi connectivity index (χ3n) is 3.98. The summed E-state index contributed by atoms with van der Waals surface area (Å²) in [5.74, 6) is 0.164. The van der Waals surface area contributed by atoms with Gasteiger partial charge >= 0.3 is 22.9 Å². The van der Waals surface area contributed by atoms with Crippen molar-refractivity contribution in [3.8, 4) is 0 Å². The van der Waals surface area contributed by atoms with Gasteiger partial charge in [-0.05, 0) is 18.9 Å². The predicted octanol–water partition coefficient (Wildman–Crippen LogP) is 1.87. The van der Waals surface area contributed by atoms with Gasteiger partial charge in [0.05, 0.1) is 48.1 Å². The second-order valence-electron chi connectivity index (χ2n) is 7.49. The van der Waals surface area contributed by atoms with Crippen molar-refractivity contribution in [3.63, 3.8) is 0 Å². The Morgan fingerprint density at radius 3 is 2.48 bits per heavy atom. The summed E-state index contributed by atoms with van der Waals surface area (Å²) in [4.78, 5) is 25.1. The van der Waals surface area contributed by atoms with Crippen molar-refractivity contribution in [3.05, 3.63) is 22.7 Å². The van der Waals surface area contributed by atoms with Crippen molar-refractivity contribution < 1.29 is 41.7 Å². The summed E-state index contributed by atoms with van der Waals surface area (Å²) in [5.41, 5.74) is 5.06. The van der Waals surface area contributed by atoms with Gasteiger partial charge in [0.15, 0.2) is 0 Å². The number of nitrogens with zero attached hydrogens (tertiary/aromatic N) is 3. The van der Waals surface area contributed by atoms with Crippen LogP contribution in [0.5, 0.6) is 0 Å². The number of ether oxygens (including phenoxy) is 1. The highest BCUT2D eigenvalue weighted by Crippen LogP contribution is 2.56. The molecule has 0 spiro atoms. The van der Waals surface area contributed by atoms with Gasteiger partial charge in [-0.1, -0.05) is 0 Å². The molecule has 2 rings (SSSR count). The molecule has 2 heterocycles. The molecule has 4 atom stereocenters. The van der Waals surface area contributed by atoms with Gasteiger partial charge in [0.2, 0.25) is 0 Å². The smallest absolute Gasteiger partial charge is 0.370 e. The van der Waals surface area contributed by atoms with E-state index in [4.69, 9.17) is 38.1 Å². The average Bonchev–Trinajstić information content (AvgIpc) is 3.14. The lowest BCUT2D eigenvalue weighted by atomic mass is 10.2. The molecule has 0 radical (unpaired) electrons. The first-order valence-corrected chi connectivity index (χ1v) is 11.7. The number of rotatable bonds is 14. The highest BCUT2D eigenvalue weighted by atomic mass is 31.2. The van der Waals surface area contributed by atoms with Crippen LogP contribution < -0.4 is 11.4 Å². The third-order valence-corrected chi connectivity index (χ3v) is 6.34. The summed E-state index contributed by atoms with van der Waals surface area (Å²) in [6.45, 7) is 1.26. The van der Waals surface area contributed by atoms with Gasteiger partial charge in [-0.15, -0.1) is 0 Å². The van der Waals surface area contributed by atoms with Crippen LogP contribution in [0.3, 0.4) is 0 Å². The maximum absolute atomic E-state index is 12.0. The highest BCUT2D eigenvalue weighted by molar-refractivity contribution is 7.55. The number of likely N-dealkylation sites (N-methyl/N-ethyl adjacent to an activating group) is 1. The minimum atomic E-state index is -1.96. The average molecular weight is 485 g/mol. The molecule has 1 saturated heterocycles. The van der Waals surface area contributed by atoms with Crippen molar-refractivity contribution in [2.45, 2.75) is 25.2 Å². The van der Waals surface area contributed by atoms with E-state index in [1.807, 2.05) is 21.1 Å². The minimum absolute atomic E-state index is 0.151. The van der Waals surface area contributed by atoms with E-state index in [1.54, 1.807) is 12.3 Å². The summed E-state index contributed by atoms with van der Waals surface area (Å²) in [6, 6.07) is 1.55. The Morgan fingerprint density at radius 1 is 1.19 bits per heavy atom. The van der Waals surface area contributed by atoms with Crippen molar-refractivity contribution in [2.24, 2.45) is 0 Å². The number of anilines is 1. The second-order valence-corrected chi connectivity index (χ2v) is 9.85. The van der Waals surface area contributed by atoms with Crippen LogP contribution in [0.2, 0.25) is 0 Å². The molecule has 31 heavy (non-hydrogen) atoms. The van der Waals surface area contributed by atoms with Crippen LogP contribution in [0, 0.1) is 0 Å². The van der Waals surface area contributed by atoms with Gasteiger partial charge in [0, 0.05) is 6.20 Å². The Labute approximate surface area is 183 Å². The second kappa shape index (κ2) is 13.0. The van der Waals surface area contributed by atoms with Crippen molar-refractivity contribution in [1.29, 1.82) is 0 Å². The highest BCUT2D eigenvalue weighted by Gasteiger charge is 2.31. The Hall–Kier alpha value is -0.820. The SMILES string of the molecule is COOP(OCC[N+](C)(C)C)OP(OCC1CCC(n2ccc(N)nc2=O)O1)OOC. The molecule has 4 unspecified atom stereocenters. The van der Waals surface area contributed by atoms with Gasteiger partial charge in [-0.25, -0.2) is 18.9 Å². The maximum atomic E-state index is 12.0. The molecule has 2 N–H and O–H groups in total. The molecule has 1 aromatic rings. The molecule has 0 amide bonds. The molecule has 13 nitrogen and oxygen atoms in total. The predicted molar refractivity (Wildman–Crippen MR) is 112 cm³/mol. The molecule has 15 heteroatoms. The Morgan fingerprint density at radius 2 is 1.87 bits per heavy atom. The van der Waals surface area contributed by atoms with E-state index in [0.717, 1.165) is 6.54 Å². The van der Waals surface area contributed by atoms with Crippen LogP contribution in [0.4, 0.5) is 5.82 Å². The normalized spacial score (nSPS) is 21.3. The molecule has 1 aliphatic rings. The van der Waals surface area contributed by atoms with Gasteiger partial charge in [0.1, 0.15) is 25.2 Å². The zero-order valence-electron chi connectivity index (χ0n) is 18.3. The van der Waals surface area contributed by atoms with Crippen LogP contribution in [-0.2, 0) is 37.2 Å². The lowest BCUT2D eigenvalue weighted by Gasteiger charge is -2.25. The van der Waals surface area contributed by atoms with E-state index in [2.05, 4.69) is 9.87 Å². The van der Waals surface area contributed by atoms with Gasteiger partial charge in [-0.3, -0.25) is 4.57 Å².